The lowest BCUT2D eigenvalue weighted by Crippen LogP contribution is -2.27. The minimum atomic E-state index is -0.556. The third kappa shape index (κ3) is 4.43. The number of carbonyl (C=O) groups is 1. The van der Waals surface area contributed by atoms with Gasteiger partial charge in [0.15, 0.2) is 0 Å². The van der Waals surface area contributed by atoms with E-state index < -0.39 is 11.7 Å². The summed E-state index contributed by atoms with van der Waals surface area (Å²) in [7, 11) is 0. The average molecular weight is 266 g/mol. The SMILES string of the molecule is CC(C)(C)OC(=O)Nc1ccc(F)c(NC2CC2)c1. The van der Waals surface area contributed by atoms with E-state index >= 15 is 0 Å². The molecule has 0 unspecified atom stereocenters. The maximum absolute atomic E-state index is 13.6. The minimum absolute atomic E-state index is 0.318. The molecule has 19 heavy (non-hydrogen) atoms. The second-order valence-electron chi connectivity index (χ2n) is 5.74. The molecule has 104 valence electrons. The van der Waals surface area contributed by atoms with Gasteiger partial charge in [0.1, 0.15) is 11.4 Å². The highest BCUT2D eigenvalue weighted by molar-refractivity contribution is 5.85. The van der Waals surface area contributed by atoms with E-state index in [-0.39, 0.29) is 5.82 Å². The molecule has 2 rings (SSSR count). The van der Waals surface area contributed by atoms with Crippen molar-refractivity contribution in [3.05, 3.63) is 24.0 Å². The summed E-state index contributed by atoms with van der Waals surface area (Å²) in [5.74, 6) is -0.318. The fourth-order valence-electron chi connectivity index (χ4n) is 1.58. The normalized spacial score (nSPS) is 14.9. The third-order valence-corrected chi connectivity index (χ3v) is 2.55. The van der Waals surface area contributed by atoms with Gasteiger partial charge in [-0.2, -0.15) is 0 Å². The highest BCUT2D eigenvalue weighted by Crippen LogP contribution is 2.28. The topological polar surface area (TPSA) is 50.4 Å². The van der Waals surface area contributed by atoms with E-state index in [1.807, 2.05) is 0 Å². The molecule has 1 aliphatic carbocycles. The van der Waals surface area contributed by atoms with Gasteiger partial charge in [-0.05, 0) is 51.8 Å². The molecular formula is C14H19FN2O2. The highest BCUT2D eigenvalue weighted by atomic mass is 19.1. The van der Waals surface area contributed by atoms with Gasteiger partial charge in [0, 0.05) is 11.7 Å². The number of ether oxygens (including phenoxy) is 1. The lowest BCUT2D eigenvalue weighted by atomic mass is 10.2. The number of anilines is 2. The van der Waals surface area contributed by atoms with Crippen molar-refractivity contribution in [2.45, 2.75) is 45.3 Å². The monoisotopic (exact) mass is 266 g/mol. The van der Waals surface area contributed by atoms with Gasteiger partial charge >= 0.3 is 6.09 Å². The summed E-state index contributed by atoms with van der Waals surface area (Å²) in [6, 6.07) is 4.78. The molecule has 4 nitrogen and oxygen atoms in total. The first-order chi connectivity index (χ1) is 8.83. The molecule has 0 heterocycles. The van der Waals surface area contributed by atoms with Crippen molar-refractivity contribution in [1.29, 1.82) is 0 Å². The first-order valence-electron chi connectivity index (χ1n) is 6.39. The Morgan fingerprint density at radius 2 is 2.05 bits per heavy atom. The Bertz CT molecular complexity index is 479. The van der Waals surface area contributed by atoms with Crippen LogP contribution in [0.2, 0.25) is 0 Å². The predicted molar refractivity (Wildman–Crippen MR) is 72.9 cm³/mol. The molecule has 1 saturated carbocycles. The molecule has 2 N–H and O–H groups in total. The van der Waals surface area contributed by atoms with Gasteiger partial charge in [-0.25, -0.2) is 9.18 Å². The summed E-state index contributed by atoms with van der Waals surface area (Å²) in [6.45, 7) is 5.37. The number of carbonyl (C=O) groups excluding carboxylic acids is 1. The van der Waals surface area contributed by atoms with Crippen LogP contribution in [-0.2, 0) is 4.74 Å². The molecule has 0 aliphatic heterocycles. The number of hydrogen-bond acceptors (Lipinski definition) is 3. The van der Waals surface area contributed by atoms with Gasteiger partial charge in [0.2, 0.25) is 0 Å². The first kappa shape index (κ1) is 13.6. The van der Waals surface area contributed by atoms with Crippen molar-refractivity contribution in [2.75, 3.05) is 10.6 Å². The summed E-state index contributed by atoms with van der Waals surface area (Å²) < 4.78 is 18.7. The maximum Gasteiger partial charge on any atom is 0.412 e. The first-order valence-corrected chi connectivity index (χ1v) is 6.39. The molecule has 1 aromatic carbocycles. The van der Waals surface area contributed by atoms with Crippen molar-refractivity contribution in [1.82, 2.24) is 0 Å². The molecular weight excluding hydrogens is 247 g/mol. The third-order valence-electron chi connectivity index (χ3n) is 2.55. The summed E-state index contributed by atoms with van der Waals surface area (Å²) in [5, 5.41) is 5.67. The molecule has 0 radical (unpaired) electrons. The van der Waals surface area contributed by atoms with Gasteiger partial charge in [-0.1, -0.05) is 0 Å². The molecule has 0 bridgehead atoms. The lowest BCUT2D eigenvalue weighted by Gasteiger charge is -2.20. The lowest BCUT2D eigenvalue weighted by molar-refractivity contribution is 0.0636. The van der Waals surface area contributed by atoms with Crippen molar-refractivity contribution in [2.24, 2.45) is 0 Å². The Labute approximate surface area is 112 Å². The average Bonchev–Trinajstić information content (AvgIpc) is 3.04. The van der Waals surface area contributed by atoms with Crippen molar-refractivity contribution in [3.8, 4) is 0 Å². The van der Waals surface area contributed by atoms with Crippen LogP contribution in [0.5, 0.6) is 0 Å². The van der Waals surface area contributed by atoms with Crippen LogP contribution in [0.3, 0.4) is 0 Å². The zero-order chi connectivity index (χ0) is 14.0. The van der Waals surface area contributed by atoms with Crippen molar-refractivity contribution >= 4 is 17.5 Å². The van der Waals surface area contributed by atoms with Crippen LogP contribution in [0.25, 0.3) is 0 Å². The highest BCUT2D eigenvalue weighted by Gasteiger charge is 2.22. The Kier molecular flexibility index (Phi) is 3.64. The van der Waals surface area contributed by atoms with E-state index in [1.165, 1.54) is 12.1 Å². The van der Waals surface area contributed by atoms with Gasteiger partial charge in [-0.3, -0.25) is 5.32 Å². The molecule has 1 aromatic rings. The van der Waals surface area contributed by atoms with E-state index in [4.69, 9.17) is 4.74 Å². The number of amides is 1. The van der Waals surface area contributed by atoms with Crippen LogP contribution >= 0.6 is 0 Å². The summed E-state index contributed by atoms with van der Waals surface area (Å²) in [4.78, 5) is 11.6. The molecule has 0 saturated heterocycles. The summed E-state index contributed by atoms with van der Waals surface area (Å²) in [5.41, 5.74) is 0.369. The molecule has 5 heteroatoms. The molecule has 1 aliphatic rings. The molecule has 0 spiro atoms. The standard InChI is InChI=1S/C14H19FN2O2/c1-14(2,3)19-13(18)17-10-6-7-11(15)12(8-10)16-9-4-5-9/h6-9,16H,4-5H2,1-3H3,(H,17,18). The minimum Gasteiger partial charge on any atom is -0.444 e. The second-order valence-corrected chi connectivity index (χ2v) is 5.74. The van der Waals surface area contributed by atoms with Crippen LogP contribution in [0.1, 0.15) is 33.6 Å². The van der Waals surface area contributed by atoms with E-state index in [0.29, 0.717) is 17.4 Å². The van der Waals surface area contributed by atoms with Crippen LogP contribution in [-0.4, -0.2) is 17.7 Å². The van der Waals surface area contributed by atoms with Crippen molar-refractivity contribution in [3.63, 3.8) is 0 Å². The number of nitrogens with one attached hydrogen (secondary N) is 2. The second kappa shape index (κ2) is 5.07. The Morgan fingerprint density at radius 1 is 1.37 bits per heavy atom. The molecule has 0 atom stereocenters. The number of hydrogen-bond donors (Lipinski definition) is 2. The van der Waals surface area contributed by atoms with Crippen LogP contribution in [0, 0.1) is 5.82 Å². The number of halogens is 1. The van der Waals surface area contributed by atoms with E-state index in [2.05, 4.69) is 10.6 Å². The van der Waals surface area contributed by atoms with E-state index in [9.17, 15) is 9.18 Å². The van der Waals surface area contributed by atoms with Crippen LogP contribution < -0.4 is 10.6 Å². The maximum atomic E-state index is 13.6. The van der Waals surface area contributed by atoms with Crippen LogP contribution in [0.15, 0.2) is 18.2 Å². The fraction of sp³-hybridized carbons (Fsp3) is 0.500. The Balaban J connectivity index is 2.01. The smallest absolute Gasteiger partial charge is 0.412 e. The summed E-state index contributed by atoms with van der Waals surface area (Å²) >= 11 is 0. The fourth-order valence-corrected chi connectivity index (χ4v) is 1.58. The quantitative estimate of drug-likeness (QED) is 0.876. The zero-order valence-corrected chi connectivity index (χ0v) is 11.4. The van der Waals surface area contributed by atoms with E-state index in [1.54, 1.807) is 26.8 Å². The van der Waals surface area contributed by atoms with Crippen molar-refractivity contribution < 1.29 is 13.9 Å². The largest absolute Gasteiger partial charge is 0.444 e. The van der Waals surface area contributed by atoms with Gasteiger partial charge in [0.05, 0.1) is 5.69 Å². The Hall–Kier alpha value is -1.78. The van der Waals surface area contributed by atoms with Gasteiger partial charge < -0.3 is 10.1 Å². The van der Waals surface area contributed by atoms with Gasteiger partial charge in [0.25, 0.3) is 0 Å². The molecule has 1 fully saturated rings. The predicted octanol–water partition coefficient (Wildman–Crippen LogP) is 3.75. The summed E-state index contributed by atoms with van der Waals surface area (Å²) in [6.07, 6.45) is 1.57. The Morgan fingerprint density at radius 3 is 2.63 bits per heavy atom. The molecule has 0 aromatic heterocycles. The zero-order valence-electron chi connectivity index (χ0n) is 11.4. The molecule has 1 amide bonds. The van der Waals surface area contributed by atoms with E-state index in [0.717, 1.165) is 12.8 Å². The number of benzene rings is 1. The van der Waals surface area contributed by atoms with Gasteiger partial charge in [-0.15, -0.1) is 0 Å². The van der Waals surface area contributed by atoms with Crippen LogP contribution in [0.4, 0.5) is 20.6 Å². The number of rotatable bonds is 3.